The van der Waals surface area contributed by atoms with Gasteiger partial charge in [-0.3, -0.25) is 0 Å². The van der Waals surface area contributed by atoms with Crippen LogP contribution in [0.1, 0.15) is 22.9 Å². The Morgan fingerprint density at radius 3 is 2.68 bits per heavy atom. The van der Waals surface area contributed by atoms with Gasteiger partial charge >= 0.3 is 0 Å². The summed E-state index contributed by atoms with van der Waals surface area (Å²) in [6.07, 6.45) is 0. The molecular weight excluding hydrogens is 300 g/mol. The highest BCUT2D eigenvalue weighted by Gasteiger charge is 2.16. The van der Waals surface area contributed by atoms with E-state index in [-0.39, 0.29) is 6.04 Å². The number of aryl methyl sites for hydroxylation is 1. The number of nitrogens with one attached hydrogen (secondary N) is 1. The third kappa shape index (κ3) is 2.20. The maximum Gasteiger partial charge on any atom is 0.0575 e. The molecule has 0 bridgehead atoms. The number of rotatable bonds is 2. The molecule has 3 N–H and O–H groups in total. The van der Waals surface area contributed by atoms with E-state index in [2.05, 4.69) is 52.1 Å². The highest BCUT2D eigenvalue weighted by Crippen LogP contribution is 2.31. The largest absolute Gasteiger partial charge is 0.358 e. The second-order valence-electron chi connectivity index (χ2n) is 4.74. The Morgan fingerprint density at radius 2 is 1.89 bits per heavy atom. The number of hydrogen-bond acceptors (Lipinski definition) is 1. The van der Waals surface area contributed by atoms with Gasteiger partial charge in [0, 0.05) is 26.6 Å². The van der Waals surface area contributed by atoms with Gasteiger partial charge in [-0.2, -0.15) is 0 Å². The summed E-state index contributed by atoms with van der Waals surface area (Å²) in [4.78, 5) is 3.40. The predicted molar refractivity (Wildman–Crippen MR) is 83.2 cm³/mol. The zero-order chi connectivity index (χ0) is 13.4. The van der Waals surface area contributed by atoms with Gasteiger partial charge in [0.25, 0.3) is 0 Å². The molecule has 2 nitrogen and oxygen atoms in total. The van der Waals surface area contributed by atoms with Crippen molar-refractivity contribution in [2.75, 3.05) is 0 Å². The second-order valence-corrected chi connectivity index (χ2v) is 5.66. The van der Waals surface area contributed by atoms with Gasteiger partial charge in [0.2, 0.25) is 0 Å². The van der Waals surface area contributed by atoms with Crippen molar-refractivity contribution in [3.63, 3.8) is 0 Å². The SMILES string of the molecule is Cc1[nH]c2ccccc2c1C(N)c1cccc(Br)c1. The minimum atomic E-state index is -0.117. The Balaban J connectivity index is 2.16. The molecule has 19 heavy (non-hydrogen) atoms. The van der Waals surface area contributed by atoms with E-state index in [0.717, 1.165) is 21.2 Å². The van der Waals surface area contributed by atoms with Crippen LogP contribution < -0.4 is 5.73 Å². The van der Waals surface area contributed by atoms with Crippen molar-refractivity contribution in [2.45, 2.75) is 13.0 Å². The first kappa shape index (κ1) is 12.5. The molecule has 0 amide bonds. The lowest BCUT2D eigenvalue weighted by Crippen LogP contribution is -2.12. The van der Waals surface area contributed by atoms with E-state index in [4.69, 9.17) is 5.73 Å². The summed E-state index contributed by atoms with van der Waals surface area (Å²) in [5, 5.41) is 1.20. The summed E-state index contributed by atoms with van der Waals surface area (Å²) in [6.45, 7) is 2.08. The summed E-state index contributed by atoms with van der Waals surface area (Å²) >= 11 is 3.50. The van der Waals surface area contributed by atoms with E-state index in [9.17, 15) is 0 Å². The molecule has 0 radical (unpaired) electrons. The van der Waals surface area contributed by atoms with Gasteiger partial charge in [-0.05, 0) is 30.7 Å². The fraction of sp³-hybridized carbons (Fsp3) is 0.125. The van der Waals surface area contributed by atoms with Gasteiger partial charge in [0.1, 0.15) is 0 Å². The number of aromatic amines is 1. The first-order valence-corrected chi connectivity index (χ1v) is 7.04. The Kier molecular flexibility index (Phi) is 3.17. The normalized spacial score (nSPS) is 12.8. The highest BCUT2D eigenvalue weighted by molar-refractivity contribution is 9.10. The van der Waals surface area contributed by atoms with Crippen molar-refractivity contribution < 1.29 is 0 Å². The van der Waals surface area contributed by atoms with Crippen molar-refractivity contribution >= 4 is 26.8 Å². The number of hydrogen-bond donors (Lipinski definition) is 2. The van der Waals surface area contributed by atoms with Crippen LogP contribution in [0, 0.1) is 6.92 Å². The van der Waals surface area contributed by atoms with Crippen LogP contribution >= 0.6 is 15.9 Å². The molecule has 3 heteroatoms. The Bertz CT molecular complexity index is 730. The van der Waals surface area contributed by atoms with Gasteiger partial charge in [-0.1, -0.05) is 46.3 Å². The quantitative estimate of drug-likeness (QED) is 0.728. The van der Waals surface area contributed by atoms with Gasteiger partial charge in [-0.25, -0.2) is 0 Å². The Hall–Kier alpha value is -1.58. The van der Waals surface area contributed by atoms with Crippen LogP contribution in [0.15, 0.2) is 53.0 Å². The summed E-state index contributed by atoms with van der Waals surface area (Å²) in [5.74, 6) is 0. The van der Waals surface area contributed by atoms with Crippen LogP contribution in [-0.2, 0) is 0 Å². The van der Waals surface area contributed by atoms with Gasteiger partial charge < -0.3 is 10.7 Å². The van der Waals surface area contributed by atoms with Crippen LogP contribution in [0.3, 0.4) is 0 Å². The van der Waals surface area contributed by atoms with E-state index in [1.165, 1.54) is 10.9 Å². The zero-order valence-corrected chi connectivity index (χ0v) is 12.2. The summed E-state index contributed by atoms with van der Waals surface area (Å²) in [7, 11) is 0. The number of halogens is 1. The first-order chi connectivity index (χ1) is 9.16. The summed E-state index contributed by atoms with van der Waals surface area (Å²) in [5.41, 5.74) is 11.0. The third-order valence-corrected chi connectivity index (χ3v) is 3.96. The maximum atomic E-state index is 6.46. The fourth-order valence-corrected chi connectivity index (χ4v) is 2.98. The number of aromatic nitrogens is 1. The highest BCUT2D eigenvalue weighted by atomic mass is 79.9. The summed E-state index contributed by atoms with van der Waals surface area (Å²) < 4.78 is 1.05. The molecule has 3 rings (SSSR count). The predicted octanol–water partition coefficient (Wildman–Crippen LogP) is 4.29. The lowest BCUT2D eigenvalue weighted by Gasteiger charge is -2.13. The molecule has 1 heterocycles. The number of H-pyrrole nitrogens is 1. The minimum Gasteiger partial charge on any atom is -0.358 e. The molecule has 1 unspecified atom stereocenters. The van der Waals surface area contributed by atoms with E-state index in [1.807, 2.05) is 24.3 Å². The van der Waals surface area contributed by atoms with Crippen LogP contribution in [0.4, 0.5) is 0 Å². The van der Waals surface area contributed by atoms with E-state index >= 15 is 0 Å². The van der Waals surface area contributed by atoms with Gasteiger partial charge in [0.05, 0.1) is 6.04 Å². The van der Waals surface area contributed by atoms with Crippen molar-refractivity contribution in [1.29, 1.82) is 0 Å². The number of fused-ring (bicyclic) bond motifs is 1. The summed E-state index contributed by atoms with van der Waals surface area (Å²) in [6, 6.07) is 16.3. The third-order valence-electron chi connectivity index (χ3n) is 3.46. The topological polar surface area (TPSA) is 41.8 Å². The molecule has 1 atom stereocenters. The standard InChI is InChI=1S/C16H15BrN2/c1-10-15(13-7-2-3-8-14(13)19-10)16(18)11-5-4-6-12(17)9-11/h2-9,16,19H,18H2,1H3. The molecule has 2 aromatic carbocycles. The van der Waals surface area contributed by atoms with Crippen LogP contribution in [0.2, 0.25) is 0 Å². The monoisotopic (exact) mass is 314 g/mol. The Labute approximate surface area is 120 Å². The molecule has 96 valence electrons. The van der Waals surface area contributed by atoms with Crippen molar-refractivity contribution in [3.8, 4) is 0 Å². The van der Waals surface area contributed by atoms with Crippen LogP contribution in [0.5, 0.6) is 0 Å². The van der Waals surface area contributed by atoms with E-state index < -0.39 is 0 Å². The van der Waals surface area contributed by atoms with Crippen LogP contribution in [0.25, 0.3) is 10.9 Å². The second kappa shape index (κ2) is 4.83. The minimum absolute atomic E-state index is 0.117. The van der Waals surface area contributed by atoms with Gasteiger partial charge in [0.15, 0.2) is 0 Å². The van der Waals surface area contributed by atoms with Crippen LogP contribution in [-0.4, -0.2) is 4.98 Å². The van der Waals surface area contributed by atoms with Crippen molar-refractivity contribution in [2.24, 2.45) is 5.73 Å². The maximum absolute atomic E-state index is 6.46. The lowest BCUT2D eigenvalue weighted by molar-refractivity contribution is 0.867. The number of para-hydroxylation sites is 1. The molecule has 0 fully saturated rings. The van der Waals surface area contributed by atoms with E-state index in [1.54, 1.807) is 0 Å². The van der Waals surface area contributed by atoms with Crippen molar-refractivity contribution in [3.05, 3.63) is 69.8 Å². The smallest absolute Gasteiger partial charge is 0.0575 e. The molecule has 0 saturated heterocycles. The molecule has 0 spiro atoms. The molecule has 0 aliphatic rings. The first-order valence-electron chi connectivity index (χ1n) is 6.25. The average molecular weight is 315 g/mol. The average Bonchev–Trinajstić information content (AvgIpc) is 2.74. The van der Waals surface area contributed by atoms with E-state index in [0.29, 0.717) is 0 Å². The zero-order valence-electron chi connectivity index (χ0n) is 10.7. The molecule has 0 aliphatic carbocycles. The Morgan fingerprint density at radius 1 is 1.11 bits per heavy atom. The molecule has 0 saturated carbocycles. The fourth-order valence-electron chi connectivity index (χ4n) is 2.57. The molecular formula is C16H15BrN2. The lowest BCUT2D eigenvalue weighted by atomic mass is 9.97. The van der Waals surface area contributed by atoms with Gasteiger partial charge in [-0.15, -0.1) is 0 Å². The molecule has 1 aromatic heterocycles. The molecule has 3 aromatic rings. The number of nitrogens with two attached hydrogens (primary N) is 1. The van der Waals surface area contributed by atoms with Crippen molar-refractivity contribution in [1.82, 2.24) is 4.98 Å². The molecule has 0 aliphatic heterocycles. The number of benzene rings is 2.